The number of ether oxygens (including phenoxy) is 1. The molecular weight excluding hydrogens is 253 g/mol. The van der Waals surface area contributed by atoms with E-state index in [0.717, 1.165) is 0 Å². The third kappa shape index (κ3) is 7.03. The van der Waals surface area contributed by atoms with Crippen molar-refractivity contribution in [2.45, 2.75) is 19.3 Å². The number of carbonyl (C=O) groups is 2. The summed E-state index contributed by atoms with van der Waals surface area (Å²) < 4.78 is 18.0. The van der Waals surface area contributed by atoms with E-state index in [-0.39, 0.29) is 25.4 Å². The van der Waals surface area contributed by atoms with Crippen LogP contribution >= 0.6 is 0 Å². The van der Waals surface area contributed by atoms with Crippen LogP contribution in [0, 0.1) is 5.82 Å². The molecule has 1 amide bonds. The number of halogens is 1. The van der Waals surface area contributed by atoms with Gasteiger partial charge in [0.05, 0.1) is 13.0 Å². The van der Waals surface area contributed by atoms with Crippen molar-refractivity contribution in [3.63, 3.8) is 0 Å². The first-order valence-electron chi connectivity index (χ1n) is 5.95. The van der Waals surface area contributed by atoms with Crippen LogP contribution in [-0.4, -0.2) is 30.1 Å². The zero-order chi connectivity index (χ0) is 14.1. The Hall–Kier alpha value is -2.11. The minimum Gasteiger partial charge on any atom is -0.493 e. The summed E-state index contributed by atoms with van der Waals surface area (Å²) in [6.45, 7) is 0.472. The molecule has 0 aromatic heterocycles. The Morgan fingerprint density at radius 2 is 2.11 bits per heavy atom. The van der Waals surface area contributed by atoms with E-state index in [0.29, 0.717) is 18.7 Å². The number of nitrogens with one attached hydrogen (secondary N) is 1. The highest BCUT2D eigenvalue weighted by atomic mass is 19.1. The molecule has 0 atom stereocenters. The van der Waals surface area contributed by atoms with Crippen molar-refractivity contribution in [2.75, 3.05) is 13.2 Å². The molecule has 0 aliphatic rings. The molecule has 6 heteroatoms. The van der Waals surface area contributed by atoms with Crippen molar-refractivity contribution < 1.29 is 23.8 Å². The number of aliphatic carboxylic acids is 1. The third-order valence-corrected chi connectivity index (χ3v) is 2.28. The number of benzene rings is 1. The van der Waals surface area contributed by atoms with Crippen molar-refractivity contribution in [1.82, 2.24) is 5.32 Å². The molecule has 104 valence electrons. The predicted octanol–water partition coefficient (Wildman–Crippen LogP) is 1.58. The summed E-state index contributed by atoms with van der Waals surface area (Å²) in [4.78, 5) is 21.6. The van der Waals surface area contributed by atoms with Gasteiger partial charge in [-0.1, -0.05) is 6.07 Å². The lowest BCUT2D eigenvalue weighted by molar-refractivity contribution is -0.137. The molecule has 19 heavy (non-hydrogen) atoms. The summed E-state index contributed by atoms with van der Waals surface area (Å²) in [5.74, 6) is -1.13. The predicted molar refractivity (Wildman–Crippen MR) is 66.4 cm³/mol. The lowest BCUT2D eigenvalue weighted by Gasteiger charge is -2.06. The normalized spacial score (nSPS) is 9.95. The van der Waals surface area contributed by atoms with Crippen molar-refractivity contribution in [2.24, 2.45) is 0 Å². The molecule has 0 saturated heterocycles. The largest absolute Gasteiger partial charge is 0.493 e. The second kappa shape index (κ2) is 8.07. The van der Waals surface area contributed by atoms with Gasteiger partial charge in [-0.05, 0) is 18.6 Å². The first-order chi connectivity index (χ1) is 9.08. The molecule has 0 radical (unpaired) electrons. The van der Waals surface area contributed by atoms with Crippen LogP contribution in [0.4, 0.5) is 4.39 Å². The van der Waals surface area contributed by atoms with Crippen LogP contribution in [0.2, 0.25) is 0 Å². The quantitative estimate of drug-likeness (QED) is 0.702. The lowest BCUT2D eigenvalue weighted by Crippen LogP contribution is -2.26. The molecular formula is C13H16FNO4. The van der Waals surface area contributed by atoms with Gasteiger partial charge >= 0.3 is 5.97 Å². The van der Waals surface area contributed by atoms with Crippen molar-refractivity contribution >= 4 is 11.9 Å². The Morgan fingerprint density at radius 3 is 2.79 bits per heavy atom. The summed E-state index contributed by atoms with van der Waals surface area (Å²) in [5, 5.41) is 11.0. The van der Waals surface area contributed by atoms with Crippen LogP contribution in [0.1, 0.15) is 19.3 Å². The number of rotatable bonds is 8. The summed E-state index contributed by atoms with van der Waals surface area (Å²) in [6, 6.07) is 5.68. The molecule has 0 heterocycles. The Morgan fingerprint density at radius 1 is 1.32 bits per heavy atom. The second-order valence-corrected chi connectivity index (χ2v) is 3.90. The second-order valence-electron chi connectivity index (χ2n) is 3.90. The monoisotopic (exact) mass is 269 g/mol. The highest BCUT2D eigenvalue weighted by Crippen LogP contribution is 2.11. The number of amides is 1. The fourth-order valence-electron chi connectivity index (χ4n) is 1.37. The maximum Gasteiger partial charge on any atom is 0.303 e. The Bertz CT molecular complexity index is 436. The van der Waals surface area contributed by atoms with E-state index in [4.69, 9.17) is 9.84 Å². The maximum absolute atomic E-state index is 12.8. The van der Waals surface area contributed by atoms with Crippen LogP contribution < -0.4 is 10.1 Å². The van der Waals surface area contributed by atoms with Crippen molar-refractivity contribution in [3.05, 3.63) is 30.1 Å². The fourth-order valence-corrected chi connectivity index (χ4v) is 1.37. The van der Waals surface area contributed by atoms with Crippen LogP contribution in [-0.2, 0) is 9.59 Å². The molecule has 2 N–H and O–H groups in total. The summed E-state index contributed by atoms with van der Waals surface area (Å²) >= 11 is 0. The van der Waals surface area contributed by atoms with Gasteiger partial charge in [0.15, 0.2) is 0 Å². The average Bonchev–Trinajstić information content (AvgIpc) is 2.34. The summed E-state index contributed by atoms with van der Waals surface area (Å²) in [5.41, 5.74) is 0. The van der Waals surface area contributed by atoms with Crippen LogP contribution in [0.3, 0.4) is 0 Å². The van der Waals surface area contributed by atoms with Crippen LogP contribution in [0.5, 0.6) is 5.75 Å². The first-order valence-corrected chi connectivity index (χ1v) is 5.95. The van der Waals surface area contributed by atoms with Gasteiger partial charge in [0.1, 0.15) is 11.6 Å². The molecule has 0 aliphatic heterocycles. The third-order valence-electron chi connectivity index (χ3n) is 2.28. The van der Waals surface area contributed by atoms with Gasteiger partial charge in [-0.3, -0.25) is 9.59 Å². The van der Waals surface area contributed by atoms with E-state index in [2.05, 4.69) is 5.32 Å². The molecule has 0 spiro atoms. The van der Waals surface area contributed by atoms with Crippen molar-refractivity contribution in [1.29, 1.82) is 0 Å². The first kappa shape index (κ1) is 14.9. The van der Waals surface area contributed by atoms with Gasteiger partial charge in [-0.25, -0.2) is 4.39 Å². The van der Waals surface area contributed by atoms with E-state index < -0.39 is 11.8 Å². The van der Waals surface area contributed by atoms with Gasteiger partial charge in [0, 0.05) is 19.0 Å². The SMILES string of the molecule is O=C(O)CCCNC(=O)CCOc1cccc(F)c1. The number of carboxylic acids is 1. The molecule has 0 unspecified atom stereocenters. The Kier molecular flexibility index (Phi) is 6.35. The molecule has 0 saturated carbocycles. The molecule has 5 nitrogen and oxygen atoms in total. The molecule has 0 bridgehead atoms. The van der Waals surface area contributed by atoms with E-state index in [1.54, 1.807) is 6.07 Å². The highest BCUT2D eigenvalue weighted by Gasteiger charge is 2.03. The summed E-state index contributed by atoms with van der Waals surface area (Å²) in [7, 11) is 0. The van der Waals surface area contributed by atoms with Crippen molar-refractivity contribution in [3.8, 4) is 5.75 Å². The molecule has 1 rings (SSSR count). The standard InChI is InChI=1S/C13H16FNO4/c14-10-3-1-4-11(9-10)19-8-6-12(16)15-7-2-5-13(17)18/h1,3-4,9H,2,5-8H2,(H,15,16)(H,17,18). The molecule has 0 aliphatic carbocycles. The van der Waals surface area contributed by atoms with E-state index in [1.807, 2.05) is 0 Å². The topological polar surface area (TPSA) is 75.6 Å². The van der Waals surface area contributed by atoms with Gasteiger partial charge in [0.25, 0.3) is 0 Å². The Labute approximate surface area is 110 Å². The van der Waals surface area contributed by atoms with E-state index >= 15 is 0 Å². The molecule has 0 fully saturated rings. The maximum atomic E-state index is 12.8. The summed E-state index contributed by atoms with van der Waals surface area (Å²) in [6.07, 6.45) is 0.565. The van der Waals surface area contributed by atoms with E-state index in [9.17, 15) is 14.0 Å². The number of carbonyl (C=O) groups excluding carboxylic acids is 1. The molecule has 1 aromatic carbocycles. The number of hydrogen-bond donors (Lipinski definition) is 2. The average molecular weight is 269 g/mol. The number of carboxylic acid groups (broad SMARTS) is 1. The smallest absolute Gasteiger partial charge is 0.303 e. The fraction of sp³-hybridized carbons (Fsp3) is 0.385. The van der Waals surface area contributed by atoms with Gasteiger partial charge in [0.2, 0.25) is 5.91 Å². The number of hydrogen-bond acceptors (Lipinski definition) is 3. The highest BCUT2D eigenvalue weighted by molar-refractivity contribution is 5.76. The lowest BCUT2D eigenvalue weighted by atomic mass is 10.3. The minimum absolute atomic E-state index is 0.0278. The van der Waals surface area contributed by atoms with Crippen LogP contribution in [0.15, 0.2) is 24.3 Å². The van der Waals surface area contributed by atoms with E-state index in [1.165, 1.54) is 18.2 Å². The van der Waals surface area contributed by atoms with Gasteiger partial charge < -0.3 is 15.2 Å². The Balaban J connectivity index is 2.12. The zero-order valence-corrected chi connectivity index (χ0v) is 10.4. The minimum atomic E-state index is -0.885. The van der Waals surface area contributed by atoms with Gasteiger partial charge in [-0.15, -0.1) is 0 Å². The van der Waals surface area contributed by atoms with Gasteiger partial charge in [-0.2, -0.15) is 0 Å². The molecule has 1 aromatic rings. The zero-order valence-electron chi connectivity index (χ0n) is 10.4. The van der Waals surface area contributed by atoms with Crippen LogP contribution in [0.25, 0.3) is 0 Å².